The molecule has 3 nitrogen and oxygen atoms in total. The fourth-order valence-electron chi connectivity index (χ4n) is 2.79. The predicted octanol–water partition coefficient (Wildman–Crippen LogP) is 0.783. The van der Waals surface area contributed by atoms with Crippen molar-refractivity contribution in [3.8, 4) is 0 Å². The van der Waals surface area contributed by atoms with E-state index in [1.54, 1.807) is 0 Å². The Morgan fingerprint density at radius 2 is 1.93 bits per heavy atom. The Balaban J connectivity index is 2.07. The van der Waals surface area contributed by atoms with E-state index in [0.717, 1.165) is 19.1 Å². The average molecular weight is 212 g/mol. The van der Waals surface area contributed by atoms with Gasteiger partial charge in [0, 0.05) is 31.7 Å². The standard InChI is InChI=1S/C12H24N2O/c1-12(2)8-13(3)11(7-15)6-14(9-12)10-4-5-10/h10-11,15H,4-9H2,1-3H3. The fourth-order valence-corrected chi connectivity index (χ4v) is 2.79. The maximum Gasteiger partial charge on any atom is 0.0599 e. The molecule has 0 amide bonds. The van der Waals surface area contributed by atoms with Crippen molar-refractivity contribution >= 4 is 0 Å². The summed E-state index contributed by atoms with van der Waals surface area (Å²) in [5.74, 6) is 0. The zero-order valence-corrected chi connectivity index (χ0v) is 10.2. The van der Waals surface area contributed by atoms with Gasteiger partial charge >= 0.3 is 0 Å². The number of likely N-dealkylation sites (N-methyl/N-ethyl adjacent to an activating group) is 1. The van der Waals surface area contributed by atoms with Gasteiger partial charge in [0.1, 0.15) is 0 Å². The van der Waals surface area contributed by atoms with Crippen LogP contribution in [0.5, 0.6) is 0 Å². The second-order valence-corrected chi connectivity index (χ2v) is 6.08. The molecule has 0 aromatic carbocycles. The molecular formula is C12H24N2O. The largest absolute Gasteiger partial charge is 0.395 e. The first-order valence-corrected chi connectivity index (χ1v) is 6.07. The molecule has 0 spiro atoms. The van der Waals surface area contributed by atoms with Gasteiger partial charge in [-0.2, -0.15) is 0 Å². The summed E-state index contributed by atoms with van der Waals surface area (Å²) in [7, 11) is 2.14. The summed E-state index contributed by atoms with van der Waals surface area (Å²) in [6, 6.07) is 1.14. The third-order valence-corrected chi connectivity index (χ3v) is 3.65. The van der Waals surface area contributed by atoms with E-state index >= 15 is 0 Å². The Morgan fingerprint density at radius 1 is 1.27 bits per heavy atom. The lowest BCUT2D eigenvalue weighted by atomic mass is 9.92. The minimum absolute atomic E-state index is 0.288. The molecule has 1 heterocycles. The van der Waals surface area contributed by atoms with Gasteiger partial charge in [0.05, 0.1) is 6.61 Å². The minimum atomic E-state index is 0.288. The first-order valence-electron chi connectivity index (χ1n) is 6.07. The highest BCUT2D eigenvalue weighted by atomic mass is 16.3. The van der Waals surface area contributed by atoms with Crippen molar-refractivity contribution in [2.24, 2.45) is 5.41 Å². The maximum atomic E-state index is 9.41. The molecule has 0 radical (unpaired) electrons. The molecule has 1 unspecified atom stereocenters. The quantitative estimate of drug-likeness (QED) is 0.733. The van der Waals surface area contributed by atoms with E-state index in [0.29, 0.717) is 11.5 Å². The van der Waals surface area contributed by atoms with Crippen molar-refractivity contribution < 1.29 is 5.11 Å². The molecule has 0 aromatic heterocycles. The second kappa shape index (κ2) is 4.04. The molecule has 2 rings (SSSR count). The number of hydrogen-bond donors (Lipinski definition) is 1. The third kappa shape index (κ3) is 2.71. The summed E-state index contributed by atoms with van der Waals surface area (Å²) in [4.78, 5) is 4.91. The molecule has 3 heteroatoms. The Kier molecular flexibility index (Phi) is 3.06. The molecule has 1 saturated carbocycles. The number of rotatable bonds is 2. The summed E-state index contributed by atoms with van der Waals surface area (Å²) in [5, 5.41) is 9.41. The van der Waals surface area contributed by atoms with Crippen molar-refractivity contribution in [1.82, 2.24) is 9.80 Å². The average Bonchev–Trinajstić information content (AvgIpc) is 2.91. The Labute approximate surface area is 93.1 Å². The second-order valence-electron chi connectivity index (χ2n) is 6.08. The number of hydrogen-bond acceptors (Lipinski definition) is 3. The molecule has 1 aliphatic heterocycles. The molecule has 15 heavy (non-hydrogen) atoms. The molecule has 1 atom stereocenters. The van der Waals surface area contributed by atoms with Gasteiger partial charge in [0.2, 0.25) is 0 Å². The summed E-state index contributed by atoms with van der Waals surface area (Å²) < 4.78 is 0. The molecule has 1 N–H and O–H groups in total. The SMILES string of the molecule is CN1CC(C)(C)CN(C2CC2)CC1CO. The fraction of sp³-hybridized carbons (Fsp3) is 1.00. The molecule has 1 saturated heterocycles. The van der Waals surface area contributed by atoms with Crippen LogP contribution in [0, 0.1) is 5.41 Å². The first-order chi connectivity index (χ1) is 7.02. The van der Waals surface area contributed by atoms with Crippen LogP contribution in [-0.2, 0) is 0 Å². The van der Waals surface area contributed by atoms with Gasteiger partial charge in [-0.1, -0.05) is 13.8 Å². The van der Waals surface area contributed by atoms with Crippen molar-refractivity contribution in [1.29, 1.82) is 0 Å². The zero-order chi connectivity index (χ0) is 11.1. The van der Waals surface area contributed by atoms with Crippen LogP contribution in [-0.4, -0.2) is 60.3 Å². The topological polar surface area (TPSA) is 26.7 Å². The Morgan fingerprint density at radius 3 is 2.47 bits per heavy atom. The summed E-state index contributed by atoms with van der Waals surface area (Å²) in [5.41, 5.74) is 0.348. The van der Waals surface area contributed by atoms with Crippen LogP contribution in [0.15, 0.2) is 0 Å². The molecule has 2 fully saturated rings. The lowest BCUT2D eigenvalue weighted by Crippen LogP contribution is -2.42. The number of aliphatic hydroxyl groups excluding tert-OH is 1. The predicted molar refractivity (Wildman–Crippen MR) is 61.9 cm³/mol. The molecule has 88 valence electrons. The van der Waals surface area contributed by atoms with E-state index in [9.17, 15) is 5.11 Å². The number of aliphatic hydroxyl groups is 1. The summed E-state index contributed by atoms with van der Waals surface area (Å²) in [6.45, 7) is 8.26. The highest BCUT2D eigenvalue weighted by Gasteiger charge is 2.38. The van der Waals surface area contributed by atoms with E-state index in [4.69, 9.17) is 0 Å². The highest BCUT2D eigenvalue weighted by Crippen LogP contribution is 2.32. The summed E-state index contributed by atoms with van der Waals surface area (Å²) >= 11 is 0. The number of nitrogens with zero attached hydrogens (tertiary/aromatic N) is 2. The van der Waals surface area contributed by atoms with Crippen LogP contribution in [0.3, 0.4) is 0 Å². The van der Waals surface area contributed by atoms with Crippen molar-refractivity contribution in [3.05, 3.63) is 0 Å². The maximum absolute atomic E-state index is 9.41. The van der Waals surface area contributed by atoms with Gasteiger partial charge in [-0.3, -0.25) is 9.80 Å². The first kappa shape index (κ1) is 11.4. The van der Waals surface area contributed by atoms with Crippen LogP contribution in [0.2, 0.25) is 0 Å². The third-order valence-electron chi connectivity index (χ3n) is 3.65. The molecule has 1 aliphatic carbocycles. The van der Waals surface area contributed by atoms with E-state index in [2.05, 4.69) is 30.7 Å². The van der Waals surface area contributed by atoms with Crippen molar-refractivity contribution in [2.45, 2.75) is 38.8 Å². The molecule has 0 bridgehead atoms. The van der Waals surface area contributed by atoms with Crippen molar-refractivity contribution in [2.75, 3.05) is 33.3 Å². The van der Waals surface area contributed by atoms with Gasteiger partial charge in [0.25, 0.3) is 0 Å². The normalized spacial score (nSPS) is 34.0. The van der Waals surface area contributed by atoms with Gasteiger partial charge in [-0.05, 0) is 25.3 Å². The van der Waals surface area contributed by atoms with Gasteiger partial charge < -0.3 is 5.11 Å². The smallest absolute Gasteiger partial charge is 0.0599 e. The Bertz CT molecular complexity index is 226. The molecular weight excluding hydrogens is 188 g/mol. The van der Waals surface area contributed by atoms with Gasteiger partial charge in [-0.25, -0.2) is 0 Å². The van der Waals surface area contributed by atoms with Gasteiger partial charge in [0.15, 0.2) is 0 Å². The molecule has 2 aliphatic rings. The summed E-state index contributed by atoms with van der Waals surface area (Å²) in [6.07, 6.45) is 2.72. The van der Waals surface area contributed by atoms with Crippen molar-refractivity contribution in [3.63, 3.8) is 0 Å². The zero-order valence-electron chi connectivity index (χ0n) is 10.2. The van der Waals surface area contributed by atoms with Gasteiger partial charge in [-0.15, -0.1) is 0 Å². The van der Waals surface area contributed by atoms with Crippen LogP contribution >= 0.6 is 0 Å². The van der Waals surface area contributed by atoms with E-state index < -0.39 is 0 Å². The highest BCUT2D eigenvalue weighted by molar-refractivity contribution is 4.93. The van der Waals surface area contributed by atoms with E-state index in [1.807, 2.05) is 0 Å². The van der Waals surface area contributed by atoms with Crippen LogP contribution in [0.1, 0.15) is 26.7 Å². The lowest BCUT2D eigenvalue weighted by molar-refractivity contribution is 0.125. The van der Waals surface area contributed by atoms with Crippen LogP contribution in [0.25, 0.3) is 0 Å². The Hall–Kier alpha value is -0.120. The van der Waals surface area contributed by atoms with Crippen LogP contribution < -0.4 is 0 Å². The monoisotopic (exact) mass is 212 g/mol. The lowest BCUT2D eigenvalue weighted by Gasteiger charge is -2.30. The minimum Gasteiger partial charge on any atom is -0.395 e. The van der Waals surface area contributed by atoms with Crippen LogP contribution in [0.4, 0.5) is 0 Å². The van der Waals surface area contributed by atoms with E-state index in [1.165, 1.54) is 19.4 Å². The van der Waals surface area contributed by atoms with E-state index in [-0.39, 0.29) is 6.61 Å². The molecule has 0 aromatic rings.